The van der Waals surface area contributed by atoms with Crippen LogP contribution >= 0.6 is 0 Å². The summed E-state index contributed by atoms with van der Waals surface area (Å²) in [5.41, 5.74) is 12.6. The third-order valence-corrected chi connectivity index (χ3v) is 11.6. The van der Waals surface area contributed by atoms with E-state index in [1.54, 1.807) is 21.3 Å². The Morgan fingerprint density at radius 2 is 0.547 bits per heavy atom. The second kappa shape index (κ2) is 17.5. The van der Waals surface area contributed by atoms with E-state index in [4.69, 9.17) is 14.2 Å². The summed E-state index contributed by atoms with van der Waals surface area (Å²) in [5, 5.41) is 2.25. The zero-order valence-corrected chi connectivity index (χ0v) is 35.9. The summed E-state index contributed by atoms with van der Waals surface area (Å²) in [5.74, 6) is 2.44. The van der Waals surface area contributed by atoms with Crippen molar-refractivity contribution >= 4 is 73.0 Å². The van der Waals surface area contributed by atoms with Crippen molar-refractivity contribution in [3.05, 3.63) is 224 Å². The fraction of sp³-hybridized carbons (Fsp3) is 0.0526. The Kier molecular flexibility index (Phi) is 10.9. The molecule has 9 aromatic carbocycles. The van der Waals surface area contributed by atoms with E-state index in [-0.39, 0.29) is 0 Å². The molecular formula is C57H46N4O3. The first-order chi connectivity index (χ1) is 31.6. The van der Waals surface area contributed by atoms with Gasteiger partial charge in [0.2, 0.25) is 0 Å². The van der Waals surface area contributed by atoms with Crippen molar-refractivity contribution in [1.82, 2.24) is 4.57 Å². The zero-order chi connectivity index (χ0) is 43.4. The first kappa shape index (κ1) is 39.7. The Hall–Kier alpha value is -8.42. The first-order valence-electron chi connectivity index (χ1n) is 21.3. The molecule has 0 radical (unpaired) electrons. The van der Waals surface area contributed by atoms with Crippen LogP contribution in [0.4, 0.5) is 51.2 Å². The molecule has 1 aromatic heterocycles. The third-order valence-electron chi connectivity index (χ3n) is 11.6. The number of fused-ring (bicyclic) bond motifs is 3. The fourth-order valence-corrected chi connectivity index (χ4v) is 8.57. The van der Waals surface area contributed by atoms with Crippen molar-refractivity contribution < 1.29 is 14.2 Å². The van der Waals surface area contributed by atoms with Crippen molar-refractivity contribution in [2.24, 2.45) is 0 Å². The topological polar surface area (TPSA) is 42.3 Å². The van der Waals surface area contributed by atoms with E-state index in [0.717, 1.165) is 95.9 Å². The van der Waals surface area contributed by atoms with E-state index in [2.05, 4.69) is 201 Å². The summed E-state index contributed by atoms with van der Waals surface area (Å²) in [6, 6.07) is 78.6. The summed E-state index contributed by atoms with van der Waals surface area (Å²) in [6.07, 6.45) is 0. The second-order valence-electron chi connectivity index (χ2n) is 15.4. The number of ether oxygens (including phenoxy) is 3. The molecule has 7 nitrogen and oxygen atoms in total. The van der Waals surface area contributed by atoms with E-state index in [0.29, 0.717) is 0 Å². The minimum absolute atomic E-state index is 0.810. The summed E-state index contributed by atoms with van der Waals surface area (Å²) < 4.78 is 19.0. The largest absolute Gasteiger partial charge is 0.497 e. The second-order valence-corrected chi connectivity index (χ2v) is 15.4. The molecule has 0 saturated heterocycles. The molecule has 0 spiro atoms. The lowest BCUT2D eigenvalue weighted by Crippen LogP contribution is -2.10. The van der Waals surface area contributed by atoms with E-state index in [1.165, 1.54) is 0 Å². The van der Waals surface area contributed by atoms with Gasteiger partial charge in [-0.2, -0.15) is 0 Å². The maximum atomic E-state index is 5.55. The molecule has 0 saturated carbocycles. The van der Waals surface area contributed by atoms with Crippen LogP contribution in [0.25, 0.3) is 27.5 Å². The molecule has 1 heterocycles. The normalized spacial score (nSPS) is 11.0. The average Bonchev–Trinajstić information content (AvgIpc) is 3.69. The van der Waals surface area contributed by atoms with Gasteiger partial charge in [-0.25, -0.2) is 0 Å². The molecule has 7 heteroatoms. The summed E-state index contributed by atoms with van der Waals surface area (Å²) in [4.78, 5) is 6.86. The number of para-hydroxylation sites is 3. The van der Waals surface area contributed by atoms with Gasteiger partial charge in [0.25, 0.3) is 0 Å². The molecule has 0 aliphatic carbocycles. The lowest BCUT2D eigenvalue weighted by atomic mass is 10.1. The smallest absolute Gasteiger partial charge is 0.119 e. The van der Waals surface area contributed by atoms with E-state index in [1.807, 2.05) is 42.5 Å². The Labute approximate surface area is 373 Å². The average molecular weight is 835 g/mol. The van der Waals surface area contributed by atoms with Crippen LogP contribution < -0.4 is 28.9 Å². The van der Waals surface area contributed by atoms with Gasteiger partial charge in [0.05, 0.1) is 32.4 Å². The number of rotatable bonds is 13. The van der Waals surface area contributed by atoms with Crippen LogP contribution in [0.1, 0.15) is 0 Å². The van der Waals surface area contributed by atoms with Crippen molar-refractivity contribution in [2.75, 3.05) is 36.0 Å². The Balaban J connectivity index is 1.16. The highest BCUT2D eigenvalue weighted by Gasteiger charge is 2.21. The quantitative estimate of drug-likeness (QED) is 0.115. The minimum Gasteiger partial charge on any atom is -0.497 e. The highest BCUT2D eigenvalue weighted by Crippen LogP contribution is 2.44. The molecule has 10 rings (SSSR count). The first-order valence-corrected chi connectivity index (χ1v) is 21.3. The number of aromatic nitrogens is 1. The molecular weight excluding hydrogens is 789 g/mol. The van der Waals surface area contributed by atoms with Gasteiger partial charge in [-0.15, -0.1) is 0 Å². The van der Waals surface area contributed by atoms with Crippen LogP contribution in [-0.2, 0) is 0 Å². The fourth-order valence-electron chi connectivity index (χ4n) is 8.57. The lowest BCUT2D eigenvalue weighted by Gasteiger charge is -2.26. The van der Waals surface area contributed by atoms with Crippen LogP contribution in [0.3, 0.4) is 0 Å². The summed E-state index contributed by atoms with van der Waals surface area (Å²) in [6.45, 7) is 0. The van der Waals surface area contributed by atoms with Gasteiger partial charge in [0.15, 0.2) is 0 Å². The van der Waals surface area contributed by atoms with Crippen molar-refractivity contribution in [3.8, 4) is 22.9 Å². The summed E-state index contributed by atoms with van der Waals surface area (Å²) >= 11 is 0. The van der Waals surface area contributed by atoms with Gasteiger partial charge in [0, 0.05) is 67.6 Å². The zero-order valence-electron chi connectivity index (χ0n) is 35.9. The van der Waals surface area contributed by atoms with Crippen molar-refractivity contribution in [1.29, 1.82) is 0 Å². The van der Waals surface area contributed by atoms with E-state index >= 15 is 0 Å². The van der Waals surface area contributed by atoms with Gasteiger partial charge in [0.1, 0.15) is 17.2 Å². The highest BCUT2D eigenvalue weighted by atomic mass is 16.5. The Bertz CT molecular complexity index is 2990. The van der Waals surface area contributed by atoms with Gasteiger partial charge in [-0.3, -0.25) is 0 Å². The van der Waals surface area contributed by atoms with Crippen LogP contribution in [0.15, 0.2) is 224 Å². The predicted molar refractivity (Wildman–Crippen MR) is 264 cm³/mol. The van der Waals surface area contributed by atoms with Gasteiger partial charge in [-0.1, -0.05) is 54.6 Å². The number of benzene rings is 9. The molecule has 312 valence electrons. The number of hydrogen-bond acceptors (Lipinski definition) is 6. The number of nitrogens with zero attached hydrogens (tertiary/aromatic N) is 4. The van der Waals surface area contributed by atoms with Crippen molar-refractivity contribution in [3.63, 3.8) is 0 Å². The van der Waals surface area contributed by atoms with Crippen LogP contribution in [0.2, 0.25) is 0 Å². The monoisotopic (exact) mass is 834 g/mol. The molecule has 0 unspecified atom stereocenters. The van der Waals surface area contributed by atoms with Gasteiger partial charge < -0.3 is 33.5 Å². The molecule has 0 amide bonds. The van der Waals surface area contributed by atoms with Gasteiger partial charge in [-0.05, 0) is 170 Å². The third kappa shape index (κ3) is 7.60. The van der Waals surface area contributed by atoms with E-state index < -0.39 is 0 Å². The van der Waals surface area contributed by atoms with Crippen LogP contribution in [0.5, 0.6) is 17.2 Å². The van der Waals surface area contributed by atoms with Crippen LogP contribution in [0, 0.1) is 0 Å². The maximum absolute atomic E-state index is 5.55. The molecule has 64 heavy (non-hydrogen) atoms. The SMILES string of the molecule is COc1ccc(N(c2ccccc2)c2ccc(-n3c4ccc(N(c5ccccc5)c5ccc(OC)cc5)cc4c4cc(N(c5ccccc5)c5ccc(OC)cc5)ccc43)cc2)cc1. The van der Waals surface area contributed by atoms with Crippen molar-refractivity contribution in [2.45, 2.75) is 0 Å². The molecule has 0 aliphatic heterocycles. The standard InChI is InChI=1S/C57H46N4O3/c1-62-51-31-23-45(24-32-51)58(41-13-7-4-8-14-41)44-19-21-48(22-20-44)61-56-37-29-49(59(42-15-9-5-10-16-42)46-25-33-52(63-2)34-26-46)39-54(56)55-40-50(30-38-57(55)61)60(43-17-11-6-12-18-43)47-27-35-53(64-3)36-28-47/h4-40H,1-3H3. The Morgan fingerprint density at radius 3 is 0.859 bits per heavy atom. The minimum atomic E-state index is 0.810. The Morgan fingerprint density at radius 1 is 0.281 bits per heavy atom. The number of methoxy groups -OCH3 is 3. The van der Waals surface area contributed by atoms with Gasteiger partial charge >= 0.3 is 0 Å². The lowest BCUT2D eigenvalue weighted by molar-refractivity contribution is 0.414. The number of hydrogen-bond donors (Lipinski definition) is 0. The molecule has 10 aromatic rings. The van der Waals surface area contributed by atoms with Crippen LogP contribution in [-0.4, -0.2) is 25.9 Å². The molecule has 0 atom stereocenters. The molecule has 0 bridgehead atoms. The summed E-state index contributed by atoms with van der Waals surface area (Å²) in [7, 11) is 5.09. The molecule has 0 aliphatic rings. The van der Waals surface area contributed by atoms with E-state index in [9.17, 15) is 0 Å². The predicted octanol–water partition coefficient (Wildman–Crippen LogP) is 15.2. The maximum Gasteiger partial charge on any atom is 0.119 e. The highest BCUT2D eigenvalue weighted by molar-refractivity contribution is 6.12. The molecule has 0 fully saturated rings. The number of anilines is 9. The molecule has 0 N–H and O–H groups in total.